The van der Waals surface area contributed by atoms with Gasteiger partial charge in [-0.15, -0.1) is 0 Å². The molecule has 1 N–H and O–H groups in total. The molecule has 104 valence electrons. The molecular weight excluding hydrogens is 248 g/mol. The van der Waals surface area contributed by atoms with Gasteiger partial charge in [0.25, 0.3) is 5.88 Å². The van der Waals surface area contributed by atoms with Gasteiger partial charge in [-0.25, -0.2) is 4.98 Å². The zero-order chi connectivity index (χ0) is 13.7. The number of nitrogens with one attached hydrogen (secondary N) is 1. The Kier molecular flexibility index (Phi) is 4.48. The lowest BCUT2D eigenvalue weighted by Gasteiger charge is -2.21. The Morgan fingerprint density at radius 3 is 2.79 bits per heavy atom. The van der Waals surface area contributed by atoms with Crippen LogP contribution in [0.3, 0.4) is 0 Å². The van der Waals surface area contributed by atoms with Gasteiger partial charge in [0, 0.05) is 6.54 Å². The molecule has 1 heterocycles. The summed E-state index contributed by atoms with van der Waals surface area (Å²) in [6.45, 7) is 0.709. The zero-order valence-electron chi connectivity index (χ0n) is 11.0. The van der Waals surface area contributed by atoms with E-state index in [4.69, 9.17) is 4.74 Å². The van der Waals surface area contributed by atoms with Gasteiger partial charge in [-0.2, -0.15) is 4.98 Å². The first-order chi connectivity index (χ1) is 9.22. The van der Waals surface area contributed by atoms with Crippen molar-refractivity contribution in [1.29, 1.82) is 0 Å². The lowest BCUT2D eigenvalue weighted by Crippen LogP contribution is -2.18. The van der Waals surface area contributed by atoms with Crippen LogP contribution in [0.5, 0.6) is 5.88 Å². The van der Waals surface area contributed by atoms with Crippen molar-refractivity contribution in [2.45, 2.75) is 32.1 Å². The number of nitro groups is 1. The van der Waals surface area contributed by atoms with Gasteiger partial charge < -0.3 is 10.1 Å². The van der Waals surface area contributed by atoms with Gasteiger partial charge in [-0.3, -0.25) is 10.1 Å². The van der Waals surface area contributed by atoms with E-state index in [0.29, 0.717) is 12.5 Å². The summed E-state index contributed by atoms with van der Waals surface area (Å²) in [5.41, 5.74) is -0.194. The van der Waals surface area contributed by atoms with E-state index in [0.717, 1.165) is 0 Å². The number of hydrogen-bond acceptors (Lipinski definition) is 6. The normalized spacial score (nSPS) is 16.1. The summed E-state index contributed by atoms with van der Waals surface area (Å²) in [4.78, 5) is 18.3. The van der Waals surface area contributed by atoms with Crippen LogP contribution in [0.25, 0.3) is 0 Å². The molecule has 0 radical (unpaired) electrons. The van der Waals surface area contributed by atoms with Gasteiger partial charge in [-0.1, -0.05) is 19.3 Å². The summed E-state index contributed by atoms with van der Waals surface area (Å²) < 4.78 is 4.91. The molecule has 0 spiro atoms. The van der Waals surface area contributed by atoms with E-state index in [1.807, 2.05) is 0 Å². The Bertz CT molecular complexity index is 447. The minimum absolute atomic E-state index is 0.00820. The number of nitrogens with zero attached hydrogens (tertiary/aromatic N) is 3. The quantitative estimate of drug-likeness (QED) is 0.650. The van der Waals surface area contributed by atoms with E-state index < -0.39 is 4.92 Å². The standard InChI is InChI=1S/C12H18N4O3/c1-19-12-10(16(17)18)11(14-8-15-12)13-7-9-5-3-2-4-6-9/h8-9H,2-7H2,1H3,(H,13,14,15). The van der Waals surface area contributed by atoms with E-state index in [9.17, 15) is 10.1 Å². The minimum Gasteiger partial charge on any atom is -0.476 e. The average molecular weight is 266 g/mol. The van der Waals surface area contributed by atoms with Crippen molar-refractivity contribution >= 4 is 11.5 Å². The molecule has 7 nitrogen and oxygen atoms in total. The Morgan fingerprint density at radius 1 is 1.42 bits per heavy atom. The molecule has 19 heavy (non-hydrogen) atoms. The highest BCUT2D eigenvalue weighted by Crippen LogP contribution is 2.31. The fourth-order valence-corrected chi connectivity index (χ4v) is 2.44. The molecule has 1 aliphatic carbocycles. The second-order valence-electron chi connectivity index (χ2n) is 4.72. The van der Waals surface area contributed by atoms with Gasteiger partial charge in [0.1, 0.15) is 6.33 Å². The van der Waals surface area contributed by atoms with Crippen LogP contribution >= 0.6 is 0 Å². The molecule has 1 saturated carbocycles. The second kappa shape index (κ2) is 6.31. The first kappa shape index (κ1) is 13.5. The summed E-state index contributed by atoms with van der Waals surface area (Å²) in [5, 5.41) is 14.1. The van der Waals surface area contributed by atoms with Crippen LogP contribution in [-0.4, -0.2) is 28.5 Å². The van der Waals surface area contributed by atoms with Crippen LogP contribution in [0.4, 0.5) is 11.5 Å². The van der Waals surface area contributed by atoms with E-state index in [1.54, 1.807) is 0 Å². The van der Waals surface area contributed by atoms with Crippen LogP contribution in [-0.2, 0) is 0 Å². The largest absolute Gasteiger partial charge is 0.476 e. The number of aromatic nitrogens is 2. The van der Waals surface area contributed by atoms with Crippen LogP contribution in [0.2, 0.25) is 0 Å². The Labute approximate surface area is 111 Å². The molecular formula is C12H18N4O3. The SMILES string of the molecule is COc1ncnc(NCC2CCCCC2)c1[N+](=O)[O-]. The maximum Gasteiger partial charge on any atom is 0.372 e. The summed E-state index contributed by atoms with van der Waals surface area (Å²) in [7, 11) is 1.36. The van der Waals surface area contributed by atoms with Crippen molar-refractivity contribution in [3.8, 4) is 5.88 Å². The molecule has 0 unspecified atom stereocenters. The lowest BCUT2D eigenvalue weighted by atomic mass is 9.89. The van der Waals surface area contributed by atoms with E-state index in [-0.39, 0.29) is 17.4 Å². The predicted octanol–water partition coefficient (Wildman–Crippen LogP) is 2.39. The first-order valence-corrected chi connectivity index (χ1v) is 6.49. The maximum atomic E-state index is 11.1. The van der Waals surface area contributed by atoms with Crippen LogP contribution in [0.15, 0.2) is 6.33 Å². The molecule has 0 saturated heterocycles. The van der Waals surface area contributed by atoms with Crippen molar-refractivity contribution in [3.05, 3.63) is 16.4 Å². The Morgan fingerprint density at radius 2 is 2.16 bits per heavy atom. The second-order valence-corrected chi connectivity index (χ2v) is 4.72. The smallest absolute Gasteiger partial charge is 0.372 e. The van der Waals surface area contributed by atoms with Gasteiger partial charge >= 0.3 is 5.69 Å². The molecule has 1 fully saturated rings. The number of anilines is 1. The predicted molar refractivity (Wildman–Crippen MR) is 70.3 cm³/mol. The minimum atomic E-state index is -0.512. The summed E-state index contributed by atoms with van der Waals surface area (Å²) in [6.07, 6.45) is 7.38. The zero-order valence-corrected chi connectivity index (χ0v) is 11.0. The number of rotatable bonds is 5. The molecule has 0 aliphatic heterocycles. The van der Waals surface area contributed by atoms with Crippen molar-refractivity contribution in [2.24, 2.45) is 5.92 Å². The fraction of sp³-hybridized carbons (Fsp3) is 0.667. The highest BCUT2D eigenvalue weighted by Gasteiger charge is 2.24. The summed E-state index contributed by atoms with van der Waals surface area (Å²) in [6, 6.07) is 0. The molecule has 1 aliphatic rings. The lowest BCUT2D eigenvalue weighted by molar-refractivity contribution is -0.385. The Hall–Kier alpha value is -1.92. The van der Waals surface area contributed by atoms with E-state index in [2.05, 4.69) is 15.3 Å². The molecule has 0 amide bonds. The average Bonchev–Trinajstić information content (AvgIpc) is 2.45. The monoisotopic (exact) mass is 266 g/mol. The third kappa shape index (κ3) is 3.30. The number of ether oxygens (including phenoxy) is 1. The van der Waals surface area contributed by atoms with Gasteiger partial charge in [0.2, 0.25) is 5.82 Å². The summed E-state index contributed by atoms with van der Waals surface area (Å²) >= 11 is 0. The topological polar surface area (TPSA) is 90.2 Å². The number of hydrogen-bond donors (Lipinski definition) is 1. The van der Waals surface area contributed by atoms with Crippen molar-refractivity contribution in [2.75, 3.05) is 19.0 Å². The van der Waals surface area contributed by atoms with Gasteiger partial charge in [0.15, 0.2) is 0 Å². The molecule has 0 bridgehead atoms. The van der Waals surface area contributed by atoms with Gasteiger partial charge in [0.05, 0.1) is 12.0 Å². The van der Waals surface area contributed by atoms with Crippen molar-refractivity contribution in [1.82, 2.24) is 9.97 Å². The molecule has 2 rings (SSSR count). The highest BCUT2D eigenvalue weighted by molar-refractivity contribution is 5.61. The van der Waals surface area contributed by atoms with Crippen molar-refractivity contribution in [3.63, 3.8) is 0 Å². The van der Waals surface area contributed by atoms with Crippen LogP contribution < -0.4 is 10.1 Å². The van der Waals surface area contributed by atoms with Crippen molar-refractivity contribution < 1.29 is 9.66 Å². The third-order valence-electron chi connectivity index (χ3n) is 3.45. The molecule has 1 aromatic heterocycles. The molecule has 0 aromatic carbocycles. The molecule has 1 aromatic rings. The first-order valence-electron chi connectivity index (χ1n) is 6.49. The van der Waals surface area contributed by atoms with Crippen LogP contribution in [0.1, 0.15) is 32.1 Å². The van der Waals surface area contributed by atoms with E-state index >= 15 is 0 Å². The number of methoxy groups -OCH3 is 1. The maximum absolute atomic E-state index is 11.1. The highest BCUT2D eigenvalue weighted by atomic mass is 16.6. The van der Waals surface area contributed by atoms with E-state index in [1.165, 1.54) is 45.5 Å². The summed E-state index contributed by atoms with van der Waals surface area (Å²) in [5.74, 6) is 0.794. The Balaban J connectivity index is 2.08. The third-order valence-corrected chi connectivity index (χ3v) is 3.45. The fourth-order valence-electron chi connectivity index (χ4n) is 2.44. The van der Waals surface area contributed by atoms with Gasteiger partial charge in [-0.05, 0) is 18.8 Å². The molecule has 0 atom stereocenters. The van der Waals surface area contributed by atoms with Crippen LogP contribution in [0, 0.1) is 16.0 Å². The molecule has 7 heteroatoms.